The standard InChI is InChI=1S/C33H42FN7OS/c1-19-14-22(7-4-6-20(2)35)16-27(30(19)34)29-17-24-18-41(33(42)40-31(24)39-29)26-12-10-23(11-13-26)28-9-5-8-25(38-28)15-21(3)43-32(36)37/h10-14,16-18,20-21,25,28,38H,4-9,15,35H2,1-3H3,(H3,36,37)(H,39,40,42)/t20-,21?,25-,28-/m0/s1. The molecule has 0 amide bonds. The fraction of sp³-hybridized carbons (Fsp3) is 0.424. The second-order valence-corrected chi connectivity index (χ2v) is 13.5. The van der Waals surface area contributed by atoms with Crippen LogP contribution in [-0.2, 0) is 6.42 Å². The van der Waals surface area contributed by atoms with Crippen molar-refractivity contribution in [1.82, 2.24) is 19.9 Å². The highest BCUT2D eigenvalue weighted by molar-refractivity contribution is 8.14. The van der Waals surface area contributed by atoms with Gasteiger partial charge in [0.15, 0.2) is 5.17 Å². The number of benzene rings is 2. The molecule has 3 heterocycles. The zero-order valence-corrected chi connectivity index (χ0v) is 25.9. The molecule has 0 bridgehead atoms. The van der Waals surface area contributed by atoms with E-state index in [4.69, 9.17) is 16.9 Å². The molecule has 5 rings (SSSR count). The van der Waals surface area contributed by atoms with E-state index in [2.05, 4.69) is 34.3 Å². The molecule has 1 aliphatic rings. The Hall–Kier alpha value is -3.47. The number of rotatable bonds is 10. The third kappa shape index (κ3) is 7.55. The van der Waals surface area contributed by atoms with Gasteiger partial charge in [-0.25, -0.2) is 9.18 Å². The molecular weight excluding hydrogens is 561 g/mol. The predicted molar refractivity (Wildman–Crippen MR) is 176 cm³/mol. The molecule has 10 heteroatoms. The number of fused-ring (bicyclic) bond motifs is 1. The van der Waals surface area contributed by atoms with Crippen LogP contribution in [0.4, 0.5) is 4.39 Å². The molecule has 43 heavy (non-hydrogen) atoms. The SMILES string of the molecule is Cc1cc(CCC[C@H](C)N)cc(-c2cc3cn(-c4ccc([C@@H]5CCC[C@@H](CC(C)SC(=N)N)N5)cc4)c(=O)nc3[nH]2)c1F. The van der Waals surface area contributed by atoms with Crippen molar-refractivity contribution in [3.05, 3.63) is 81.7 Å². The van der Waals surface area contributed by atoms with E-state index in [1.165, 1.54) is 21.9 Å². The van der Waals surface area contributed by atoms with Gasteiger partial charge in [-0.15, -0.1) is 0 Å². The largest absolute Gasteiger partial charge is 0.379 e. The maximum Gasteiger partial charge on any atom is 0.354 e. The van der Waals surface area contributed by atoms with Gasteiger partial charge in [-0.3, -0.25) is 9.98 Å². The van der Waals surface area contributed by atoms with Crippen molar-refractivity contribution in [1.29, 1.82) is 5.41 Å². The van der Waals surface area contributed by atoms with Gasteiger partial charge in [0.05, 0.1) is 11.4 Å². The van der Waals surface area contributed by atoms with Crippen molar-refractivity contribution >= 4 is 28.0 Å². The Labute approximate surface area is 256 Å². The number of nitrogens with two attached hydrogens (primary N) is 2. The molecule has 4 atom stereocenters. The second kappa shape index (κ2) is 13.4. The molecule has 1 saturated heterocycles. The van der Waals surface area contributed by atoms with Crippen LogP contribution in [0.2, 0.25) is 0 Å². The summed E-state index contributed by atoms with van der Waals surface area (Å²) in [4.78, 5) is 20.5. The lowest BCUT2D eigenvalue weighted by molar-refractivity contribution is 0.312. The van der Waals surface area contributed by atoms with Gasteiger partial charge in [-0.05, 0) is 93.3 Å². The number of hydrogen-bond donors (Lipinski definition) is 5. The Kier molecular flexibility index (Phi) is 9.68. The summed E-state index contributed by atoms with van der Waals surface area (Å²) in [5.41, 5.74) is 16.1. The number of aromatic nitrogens is 3. The third-order valence-corrected chi connectivity index (χ3v) is 9.09. The molecule has 1 aliphatic heterocycles. The Balaban J connectivity index is 1.35. The third-order valence-electron chi connectivity index (χ3n) is 8.24. The van der Waals surface area contributed by atoms with E-state index in [9.17, 15) is 4.79 Å². The van der Waals surface area contributed by atoms with E-state index in [1.54, 1.807) is 13.1 Å². The Morgan fingerprint density at radius 2 is 1.98 bits per heavy atom. The number of amidine groups is 1. The summed E-state index contributed by atoms with van der Waals surface area (Å²) >= 11 is 1.41. The highest BCUT2D eigenvalue weighted by Crippen LogP contribution is 2.31. The van der Waals surface area contributed by atoms with Crippen molar-refractivity contribution in [3.8, 4) is 16.9 Å². The van der Waals surface area contributed by atoms with Gasteiger partial charge >= 0.3 is 5.69 Å². The molecule has 8 nitrogen and oxygen atoms in total. The summed E-state index contributed by atoms with van der Waals surface area (Å²) in [5.74, 6) is -0.279. The van der Waals surface area contributed by atoms with Gasteiger partial charge in [0.1, 0.15) is 11.5 Å². The molecule has 0 aliphatic carbocycles. The first-order valence-corrected chi connectivity index (χ1v) is 16.0. The van der Waals surface area contributed by atoms with Crippen LogP contribution in [-0.4, -0.2) is 37.0 Å². The number of aryl methyl sites for hydroxylation is 2. The highest BCUT2D eigenvalue weighted by atomic mass is 32.2. The first-order valence-electron chi connectivity index (χ1n) is 15.1. The van der Waals surface area contributed by atoms with Crippen molar-refractivity contribution < 1.29 is 4.39 Å². The predicted octanol–water partition coefficient (Wildman–Crippen LogP) is 6.09. The van der Waals surface area contributed by atoms with E-state index >= 15 is 4.39 Å². The molecule has 0 saturated carbocycles. The average Bonchev–Trinajstić information content (AvgIpc) is 3.36. The van der Waals surface area contributed by atoms with E-state index in [1.807, 2.05) is 37.3 Å². The van der Waals surface area contributed by atoms with Gasteiger partial charge in [0, 0.05) is 40.5 Å². The van der Waals surface area contributed by atoms with Gasteiger partial charge < -0.3 is 21.8 Å². The zero-order valence-electron chi connectivity index (χ0n) is 25.1. The summed E-state index contributed by atoms with van der Waals surface area (Å²) in [6.45, 7) is 5.88. The lowest BCUT2D eigenvalue weighted by atomic mass is 9.91. The minimum absolute atomic E-state index is 0.138. The molecule has 0 radical (unpaired) electrons. The Morgan fingerprint density at radius 1 is 1.21 bits per heavy atom. The minimum atomic E-state index is -0.400. The quantitative estimate of drug-likeness (QED) is 0.110. The number of H-pyrrole nitrogens is 1. The monoisotopic (exact) mass is 603 g/mol. The van der Waals surface area contributed by atoms with Gasteiger partial charge in [-0.1, -0.05) is 43.3 Å². The van der Waals surface area contributed by atoms with Crippen molar-refractivity contribution in [3.63, 3.8) is 0 Å². The Bertz CT molecular complexity index is 1650. The van der Waals surface area contributed by atoms with Crippen molar-refractivity contribution in [2.75, 3.05) is 0 Å². The summed E-state index contributed by atoms with van der Waals surface area (Å²) < 4.78 is 16.8. The Morgan fingerprint density at radius 3 is 2.70 bits per heavy atom. The summed E-state index contributed by atoms with van der Waals surface area (Å²) in [5, 5.41) is 12.5. The van der Waals surface area contributed by atoms with Crippen LogP contribution in [0, 0.1) is 18.2 Å². The summed E-state index contributed by atoms with van der Waals surface area (Å²) in [6, 6.07) is 14.4. The summed E-state index contributed by atoms with van der Waals surface area (Å²) in [7, 11) is 0. The molecular formula is C33H42FN7OS. The molecule has 1 unspecified atom stereocenters. The topological polar surface area (TPSA) is 139 Å². The van der Waals surface area contributed by atoms with E-state index in [0.717, 1.165) is 61.6 Å². The number of nitrogens with zero attached hydrogens (tertiary/aromatic N) is 2. The van der Waals surface area contributed by atoms with Crippen LogP contribution in [0.3, 0.4) is 0 Å². The molecule has 7 N–H and O–H groups in total. The van der Waals surface area contributed by atoms with Crippen molar-refractivity contribution in [2.24, 2.45) is 11.5 Å². The van der Waals surface area contributed by atoms with E-state index in [0.29, 0.717) is 28.5 Å². The summed E-state index contributed by atoms with van der Waals surface area (Å²) in [6.07, 6.45) is 8.68. The minimum Gasteiger partial charge on any atom is -0.379 e. The number of thioether (sulfide) groups is 1. The van der Waals surface area contributed by atoms with Crippen LogP contribution >= 0.6 is 11.8 Å². The number of nitrogens with one attached hydrogen (secondary N) is 3. The lowest BCUT2D eigenvalue weighted by Gasteiger charge is -2.32. The maximum atomic E-state index is 15.3. The van der Waals surface area contributed by atoms with Crippen molar-refractivity contribution in [2.45, 2.75) is 89.1 Å². The molecule has 1 fully saturated rings. The molecule has 2 aromatic carbocycles. The number of aromatic amines is 1. The van der Waals surface area contributed by atoms with Crippen LogP contribution in [0.1, 0.15) is 75.1 Å². The van der Waals surface area contributed by atoms with Crippen LogP contribution < -0.4 is 22.5 Å². The van der Waals surface area contributed by atoms with Crippen LogP contribution in [0.5, 0.6) is 0 Å². The second-order valence-electron chi connectivity index (χ2n) is 12.0. The van der Waals surface area contributed by atoms with E-state index < -0.39 is 5.69 Å². The first kappa shape index (κ1) is 31.0. The van der Waals surface area contributed by atoms with Gasteiger partial charge in [0.2, 0.25) is 0 Å². The van der Waals surface area contributed by atoms with E-state index in [-0.39, 0.29) is 28.3 Å². The molecule has 2 aromatic heterocycles. The average molecular weight is 604 g/mol. The number of hydrogen-bond acceptors (Lipinski definition) is 6. The van der Waals surface area contributed by atoms with Gasteiger partial charge in [0.25, 0.3) is 0 Å². The number of halogens is 1. The molecule has 0 spiro atoms. The number of piperidine rings is 1. The fourth-order valence-electron chi connectivity index (χ4n) is 6.14. The van der Waals surface area contributed by atoms with Crippen LogP contribution in [0.25, 0.3) is 28.0 Å². The first-order chi connectivity index (χ1) is 20.6. The normalized spacial score (nSPS) is 18.5. The smallest absolute Gasteiger partial charge is 0.354 e. The van der Waals surface area contributed by atoms with Crippen LogP contribution in [0.15, 0.2) is 53.5 Å². The highest BCUT2D eigenvalue weighted by Gasteiger charge is 2.24. The maximum absolute atomic E-state index is 15.3. The van der Waals surface area contributed by atoms with Gasteiger partial charge in [-0.2, -0.15) is 4.98 Å². The lowest BCUT2D eigenvalue weighted by Crippen LogP contribution is -2.38. The zero-order chi connectivity index (χ0) is 30.7. The molecule has 228 valence electrons. The molecule has 4 aromatic rings. The fourth-order valence-corrected chi connectivity index (χ4v) is 6.90.